The Kier molecular flexibility index (Phi) is 8.32. The summed E-state index contributed by atoms with van der Waals surface area (Å²) in [4.78, 5) is 41.4. The Morgan fingerprint density at radius 1 is 1.17 bits per heavy atom. The van der Waals surface area contributed by atoms with E-state index in [4.69, 9.17) is 26.4 Å². The number of nitrogens with zero attached hydrogens (tertiary/aromatic N) is 1. The lowest BCUT2D eigenvalue weighted by Gasteiger charge is -2.14. The zero-order valence-corrected chi connectivity index (χ0v) is 22.6. The number of anilines is 1. The van der Waals surface area contributed by atoms with Crippen LogP contribution in [0.25, 0.3) is 6.08 Å². The molecule has 4 rings (SSSR count). The minimum absolute atomic E-state index is 0.250. The molecule has 2 amide bonds. The molecule has 0 atom stereocenters. The van der Waals surface area contributed by atoms with Crippen molar-refractivity contribution >= 4 is 68.5 Å². The number of esters is 1. The van der Waals surface area contributed by atoms with Crippen LogP contribution in [0, 0.1) is 0 Å². The summed E-state index contributed by atoms with van der Waals surface area (Å²) in [6, 6.07) is 5.31. The molecule has 0 unspecified atom stereocenters. The quantitative estimate of drug-likeness (QED) is 0.290. The first-order valence-corrected chi connectivity index (χ1v) is 13.5. The van der Waals surface area contributed by atoms with Gasteiger partial charge in [-0.3, -0.25) is 14.5 Å². The second-order valence-electron chi connectivity index (χ2n) is 8.07. The highest BCUT2D eigenvalue weighted by Crippen LogP contribution is 2.39. The van der Waals surface area contributed by atoms with Crippen LogP contribution < -0.4 is 14.8 Å². The van der Waals surface area contributed by atoms with Crippen LogP contribution in [0.3, 0.4) is 0 Å². The third-order valence-electron chi connectivity index (χ3n) is 5.78. The molecule has 8 nitrogen and oxygen atoms in total. The number of rotatable bonds is 8. The molecule has 0 radical (unpaired) electrons. The van der Waals surface area contributed by atoms with Crippen molar-refractivity contribution in [2.24, 2.45) is 0 Å². The number of hydrogen-bond donors (Lipinski definition) is 1. The Hall–Kier alpha value is -2.89. The topological polar surface area (TPSA) is 94.2 Å². The average molecular weight is 547 g/mol. The number of fused-ring (bicyclic) bond motifs is 1. The number of ether oxygens (including phenoxy) is 3. The first kappa shape index (κ1) is 26.2. The molecule has 0 spiro atoms. The van der Waals surface area contributed by atoms with Crippen molar-refractivity contribution in [3.8, 4) is 11.5 Å². The van der Waals surface area contributed by atoms with Crippen LogP contribution in [0.15, 0.2) is 23.1 Å². The van der Waals surface area contributed by atoms with E-state index in [1.54, 1.807) is 38.3 Å². The number of hydrogen-bond acceptors (Lipinski definition) is 9. The molecule has 1 aromatic heterocycles. The molecular weight excluding hydrogens is 520 g/mol. The summed E-state index contributed by atoms with van der Waals surface area (Å²) in [5.41, 5.74) is 2.13. The van der Waals surface area contributed by atoms with E-state index >= 15 is 0 Å². The van der Waals surface area contributed by atoms with Crippen molar-refractivity contribution < 1.29 is 28.6 Å². The zero-order valence-electron chi connectivity index (χ0n) is 20.2. The highest BCUT2D eigenvalue weighted by Gasteiger charge is 2.34. The fourth-order valence-corrected chi connectivity index (χ4v) is 6.66. The third kappa shape index (κ3) is 5.42. The molecule has 190 valence electrons. The zero-order chi connectivity index (χ0) is 25.8. The van der Waals surface area contributed by atoms with Gasteiger partial charge in [-0.1, -0.05) is 30.0 Å². The monoisotopic (exact) mass is 546 g/mol. The van der Waals surface area contributed by atoms with Gasteiger partial charge in [0.1, 0.15) is 15.9 Å². The lowest BCUT2D eigenvalue weighted by Crippen LogP contribution is -2.36. The van der Waals surface area contributed by atoms with Crippen LogP contribution in [0.4, 0.5) is 5.00 Å². The van der Waals surface area contributed by atoms with Crippen molar-refractivity contribution in [3.05, 3.63) is 44.7 Å². The minimum atomic E-state index is -0.435. The molecule has 1 aliphatic carbocycles. The van der Waals surface area contributed by atoms with Crippen molar-refractivity contribution in [3.63, 3.8) is 0 Å². The Morgan fingerprint density at radius 2 is 1.92 bits per heavy atom. The Bertz CT molecular complexity index is 1250. The van der Waals surface area contributed by atoms with Gasteiger partial charge in [0.2, 0.25) is 5.91 Å². The van der Waals surface area contributed by atoms with Crippen LogP contribution in [0.1, 0.15) is 46.1 Å². The van der Waals surface area contributed by atoms with E-state index < -0.39 is 11.9 Å². The highest BCUT2D eigenvalue weighted by molar-refractivity contribution is 8.26. The molecule has 1 aromatic carbocycles. The average Bonchev–Trinajstić information content (AvgIpc) is 3.35. The summed E-state index contributed by atoms with van der Waals surface area (Å²) in [6.07, 6.45) is 5.40. The minimum Gasteiger partial charge on any atom is -0.493 e. The molecule has 1 fully saturated rings. The first-order chi connectivity index (χ1) is 17.4. The summed E-state index contributed by atoms with van der Waals surface area (Å²) in [5.74, 6) is -0.0991. The number of benzene rings is 1. The number of aryl methyl sites for hydroxylation is 1. The van der Waals surface area contributed by atoms with Gasteiger partial charge in [0, 0.05) is 4.88 Å². The smallest absolute Gasteiger partial charge is 0.341 e. The summed E-state index contributed by atoms with van der Waals surface area (Å²) >= 11 is 7.92. The Morgan fingerprint density at radius 3 is 2.64 bits per heavy atom. The Balaban J connectivity index is 1.50. The van der Waals surface area contributed by atoms with Crippen LogP contribution in [-0.4, -0.2) is 54.4 Å². The molecule has 2 aliphatic rings. The molecular formula is C25H26N2O6S3. The van der Waals surface area contributed by atoms with E-state index in [1.807, 2.05) is 0 Å². The van der Waals surface area contributed by atoms with E-state index in [9.17, 15) is 14.4 Å². The van der Waals surface area contributed by atoms with Crippen LogP contribution in [0.2, 0.25) is 0 Å². The van der Waals surface area contributed by atoms with Gasteiger partial charge in [0.05, 0.1) is 31.3 Å². The van der Waals surface area contributed by atoms with Gasteiger partial charge in [0.25, 0.3) is 5.91 Å². The summed E-state index contributed by atoms with van der Waals surface area (Å²) in [5, 5.41) is 3.30. The van der Waals surface area contributed by atoms with Crippen molar-refractivity contribution in [1.82, 2.24) is 4.90 Å². The number of nitrogens with one attached hydrogen (secondary N) is 1. The van der Waals surface area contributed by atoms with E-state index in [0.717, 1.165) is 53.4 Å². The molecule has 1 aliphatic heterocycles. The maximum Gasteiger partial charge on any atom is 0.341 e. The fourth-order valence-electron chi connectivity index (χ4n) is 4.11. The lowest BCUT2D eigenvalue weighted by atomic mass is 9.95. The molecule has 36 heavy (non-hydrogen) atoms. The van der Waals surface area contributed by atoms with Crippen LogP contribution >= 0.6 is 35.3 Å². The number of amides is 2. The van der Waals surface area contributed by atoms with E-state index in [1.165, 1.54) is 23.3 Å². The standard InChI is InChI=1S/C25H26N2O6S3/c1-4-33-24(30)21-15-7-5-6-8-18(15)35-22(21)26-20(28)13-27-23(29)19(36-25(27)34)12-14-9-10-16(31-2)17(11-14)32-3/h9-12H,4-8,13H2,1-3H3,(H,26,28). The predicted octanol–water partition coefficient (Wildman–Crippen LogP) is 4.66. The first-order valence-electron chi connectivity index (χ1n) is 11.4. The fraction of sp³-hybridized carbons (Fsp3) is 0.360. The van der Waals surface area contributed by atoms with E-state index in [2.05, 4.69) is 5.32 Å². The molecule has 11 heteroatoms. The molecule has 0 bridgehead atoms. The van der Waals surface area contributed by atoms with Gasteiger partial charge in [-0.2, -0.15) is 0 Å². The molecule has 0 saturated carbocycles. The van der Waals surface area contributed by atoms with Crippen LogP contribution in [0.5, 0.6) is 11.5 Å². The maximum atomic E-state index is 13.0. The number of thioether (sulfide) groups is 1. The second kappa shape index (κ2) is 11.4. The molecule has 2 aromatic rings. The van der Waals surface area contributed by atoms with Gasteiger partial charge < -0.3 is 19.5 Å². The van der Waals surface area contributed by atoms with Crippen molar-refractivity contribution in [2.75, 3.05) is 32.7 Å². The normalized spacial score (nSPS) is 16.2. The second-order valence-corrected chi connectivity index (χ2v) is 10.8. The Labute approximate surface area is 223 Å². The van der Waals surface area contributed by atoms with Gasteiger partial charge >= 0.3 is 5.97 Å². The van der Waals surface area contributed by atoms with Crippen LogP contribution in [-0.2, 0) is 27.2 Å². The third-order valence-corrected chi connectivity index (χ3v) is 8.37. The summed E-state index contributed by atoms with van der Waals surface area (Å²) in [7, 11) is 3.09. The molecule has 1 saturated heterocycles. The van der Waals surface area contributed by atoms with Crippen molar-refractivity contribution in [2.45, 2.75) is 32.6 Å². The van der Waals surface area contributed by atoms with Gasteiger partial charge in [-0.25, -0.2) is 4.79 Å². The van der Waals surface area contributed by atoms with Crippen molar-refractivity contribution in [1.29, 1.82) is 0 Å². The van der Waals surface area contributed by atoms with Gasteiger partial charge in [-0.15, -0.1) is 11.3 Å². The van der Waals surface area contributed by atoms with E-state index in [0.29, 0.717) is 27.0 Å². The number of carbonyl (C=O) groups is 3. The molecule has 1 N–H and O–H groups in total. The SMILES string of the molecule is CCOC(=O)c1c(NC(=O)CN2C(=O)C(=Cc3ccc(OC)c(OC)c3)SC2=S)sc2c1CCCC2. The number of thiophene rings is 1. The summed E-state index contributed by atoms with van der Waals surface area (Å²) < 4.78 is 16.1. The predicted molar refractivity (Wildman–Crippen MR) is 145 cm³/mol. The summed E-state index contributed by atoms with van der Waals surface area (Å²) in [6.45, 7) is 1.75. The number of carbonyl (C=O) groups excluding carboxylic acids is 3. The molecule has 2 heterocycles. The number of thiocarbonyl (C=S) groups is 1. The number of methoxy groups -OCH3 is 2. The maximum absolute atomic E-state index is 13.0. The largest absolute Gasteiger partial charge is 0.493 e. The van der Waals surface area contributed by atoms with E-state index in [-0.39, 0.29) is 23.4 Å². The highest BCUT2D eigenvalue weighted by atomic mass is 32.2. The van der Waals surface area contributed by atoms with Gasteiger partial charge in [-0.05, 0) is 61.9 Å². The lowest BCUT2D eigenvalue weighted by molar-refractivity contribution is -0.126. The van der Waals surface area contributed by atoms with Gasteiger partial charge in [0.15, 0.2) is 11.5 Å².